The van der Waals surface area contributed by atoms with E-state index in [9.17, 15) is 23.1 Å². The maximum Gasteiger partial charge on any atom is 0.416 e. The minimum atomic E-state index is -4.55. The third-order valence-electron chi connectivity index (χ3n) is 5.10. The number of aryl methyl sites for hydroxylation is 2. The van der Waals surface area contributed by atoms with E-state index < -0.39 is 23.2 Å². The van der Waals surface area contributed by atoms with Gasteiger partial charge in [0.05, 0.1) is 10.6 Å². The number of aromatic nitrogens is 3. The van der Waals surface area contributed by atoms with Crippen LogP contribution in [0.4, 0.5) is 13.2 Å². The molecule has 2 aromatic heterocycles. The van der Waals surface area contributed by atoms with Gasteiger partial charge in [0.2, 0.25) is 5.88 Å². The second-order valence-corrected chi connectivity index (χ2v) is 9.03. The highest BCUT2D eigenvalue weighted by molar-refractivity contribution is 7.11. The molecule has 0 spiro atoms. The highest BCUT2D eigenvalue weighted by Gasteiger charge is 2.31. The number of hydrogen-bond acceptors (Lipinski definition) is 5. The molecule has 0 bridgehead atoms. The van der Waals surface area contributed by atoms with Crippen molar-refractivity contribution in [2.45, 2.75) is 45.2 Å². The Morgan fingerprint density at radius 1 is 1.23 bits per heavy atom. The summed E-state index contributed by atoms with van der Waals surface area (Å²) in [4.78, 5) is 22.4. The molecule has 9 heteroatoms. The van der Waals surface area contributed by atoms with E-state index in [0.29, 0.717) is 18.7 Å². The van der Waals surface area contributed by atoms with Crippen LogP contribution in [0.5, 0.6) is 5.88 Å². The molecule has 0 radical (unpaired) electrons. The molecule has 0 aliphatic heterocycles. The summed E-state index contributed by atoms with van der Waals surface area (Å²) in [5, 5.41) is 11.3. The van der Waals surface area contributed by atoms with Gasteiger partial charge in [-0.05, 0) is 31.0 Å². The van der Waals surface area contributed by atoms with E-state index in [4.69, 9.17) is 0 Å². The van der Waals surface area contributed by atoms with E-state index >= 15 is 0 Å². The largest absolute Gasteiger partial charge is 0.493 e. The predicted octanol–water partition coefficient (Wildman–Crippen LogP) is 4.85. The van der Waals surface area contributed by atoms with Gasteiger partial charge in [-0.3, -0.25) is 9.36 Å². The topological polar surface area (TPSA) is 68.0 Å². The van der Waals surface area contributed by atoms with E-state index in [2.05, 4.69) is 23.8 Å². The fourth-order valence-electron chi connectivity index (χ4n) is 3.18. The number of benzene rings is 1. The highest BCUT2D eigenvalue weighted by Crippen LogP contribution is 2.34. The Morgan fingerprint density at radius 3 is 2.53 bits per heavy atom. The Hall–Kier alpha value is -2.68. The molecule has 0 unspecified atom stereocenters. The van der Waals surface area contributed by atoms with Gasteiger partial charge in [0.1, 0.15) is 11.4 Å². The summed E-state index contributed by atoms with van der Waals surface area (Å²) >= 11 is 1.60. The van der Waals surface area contributed by atoms with Crippen LogP contribution in [0.1, 0.15) is 41.5 Å². The average Bonchev–Trinajstić information content (AvgIpc) is 3.11. The van der Waals surface area contributed by atoms with Crippen LogP contribution < -0.4 is 5.56 Å². The quantitative estimate of drug-likeness (QED) is 0.620. The van der Waals surface area contributed by atoms with E-state index in [0.717, 1.165) is 22.0 Å². The van der Waals surface area contributed by atoms with Gasteiger partial charge in [0, 0.05) is 30.0 Å². The number of thiazole rings is 1. The molecule has 1 N–H and O–H groups in total. The lowest BCUT2D eigenvalue weighted by atomic mass is 9.86. The standard InChI is InChI=1S/C21H22F3N3O2S/c1-12-25-11-15(30-12)20(2,3)9-8-16-26-18(28)17(19(29)27(16)4)13-6-5-7-14(10-13)21(22,23)24/h5-7,10-11,28H,8-9H2,1-4H3. The minimum Gasteiger partial charge on any atom is -0.493 e. The van der Waals surface area contributed by atoms with Gasteiger partial charge >= 0.3 is 6.18 Å². The van der Waals surface area contributed by atoms with Crippen molar-refractivity contribution in [3.05, 3.63) is 62.1 Å². The third-order valence-corrected chi connectivity index (χ3v) is 6.38. The van der Waals surface area contributed by atoms with Gasteiger partial charge in [-0.1, -0.05) is 26.0 Å². The van der Waals surface area contributed by atoms with Crippen LogP contribution in [0.15, 0.2) is 35.3 Å². The molecule has 0 aliphatic carbocycles. The first-order chi connectivity index (χ1) is 13.9. The van der Waals surface area contributed by atoms with Crippen LogP contribution in [0, 0.1) is 6.92 Å². The summed E-state index contributed by atoms with van der Waals surface area (Å²) in [5.74, 6) is -0.207. The summed E-state index contributed by atoms with van der Waals surface area (Å²) in [5.41, 5.74) is -1.97. The number of alkyl halides is 3. The first kappa shape index (κ1) is 22.0. The van der Waals surface area contributed by atoms with Crippen LogP contribution in [0.2, 0.25) is 0 Å². The normalized spacial score (nSPS) is 12.4. The molecule has 0 fully saturated rings. The molecule has 0 saturated heterocycles. The summed E-state index contributed by atoms with van der Waals surface area (Å²) < 4.78 is 40.3. The molecule has 1 aromatic carbocycles. The second kappa shape index (κ2) is 7.86. The van der Waals surface area contributed by atoms with Crippen LogP contribution in [0.3, 0.4) is 0 Å². The maximum atomic E-state index is 13.0. The third kappa shape index (κ3) is 4.40. The Kier molecular flexibility index (Phi) is 5.77. The van der Waals surface area contributed by atoms with Gasteiger partial charge < -0.3 is 5.11 Å². The van der Waals surface area contributed by atoms with Gasteiger partial charge in [-0.15, -0.1) is 11.3 Å². The van der Waals surface area contributed by atoms with Crippen molar-refractivity contribution in [2.24, 2.45) is 7.05 Å². The first-order valence-corrected chi connectivity index (χ1v) is 10.1. The maximum absolute atomic E-state index is 13.0. The van der Waals surface area contributed by atoms with E-state index in [-0.39, 0.29) is 16.5 Å². The van der Waals surface area contributed by atoms with Crippen molar-refractivity contribution < 1.29 is 18.3 Å². The van der Waals surface area contributed by atoms with Crippen LogP contribution in [-0.2, 0) is 25.1 Å². The smallest absolute Gasteiger partial charge is 0.416 e. The van der Waals surface area contributed by atoms with E-state index in [1.54, 1.807) is 11.3 Å². The highest BCUT2D eigenvalue weighted by atomic mass is 32.1. The lowest BCUT2D eigenvalue weighted by Crippen LogP contribution is -2.26. The Morgan fingerprint density at radius 2 is 1.93 bits per heavy atom. The molecule has 0 atom stereocenters. The number of nitrogens with zero attached hydrogens (tertiary/aromatic N) is 3. The zero-order valence-electron chi connectivity index (χ0n) is 17.0. The Balaban J connectivity index is 1.93. The second-order valence-electron chi connectivity index (χ2n) is 7.80. The van der Waals surface area contributed by atoms with E-state index in [1.165, 1.54) is 23.7 Å². The number of halogens is 3. The lowest BCUT2D eigenvalue weighted by molar-refractivity contribution is -0.137. The summed E-state index contributed by atoms with van der Waals surface area (Å²) in [7, 11) is 1.51. The molecule has 5 nitrogen and oxygen atoms in total. The zero-order chi connectivity index (χ0) is 22.3. The molecule has 0 amide bonds. The van der Waals surface area contributed by atoms with Crippen molar-refractivity contribution >= 4 is 11.3 Å². The Labute approximate surface area is 175 Å². The average molecular weight is 437 g/mol. The van der Waals surface area contributed by atoms with Crippen molar-refractivity contribution in [2.75, 3.05) is 0 Å². The number of hydrogen-bond donors (Lipinski definition) is 1. The summed E-state index contributed by atoms with van der Waals surface area (Å²) in [6.45, 7) is 6.06. The van der Waals surface area contributed by atoms with Crippen molar-refractivity contribution in [1.29, 1.82) is 0 Å². The van der Waals surface area contributed by atoms with Crippen LogP contribution >= 0.6 is 11.3 Å². The molecule has 0 aliphatic rings. The predicted molar refractivity (Wildman–Crippen MR) is 110 cm³/mol. The van der Waals surface area contributed by atoms with Crippen LogP contribution in [0.25, 0.3) is 11.1 Å². The van der Waals surface area contributed by atoms with Crippen molar-refractivity contribution in [3.63, 3.8) is 0 Å². The number of rotatable bonds is 5. The zero-order valence-corrected chi connectivity index (χ0v) is 17.9. The molecule has 0 saturated carbocycles. The van der Waals surface area contributed by atoms with Gasteiger partial charge in [-0.25, -0.2) is 4.98 Å². The van der Waals surface area contributed by atoms with Crippen molar-refractivity contribution in [3.8, 4) is 17.0 Å². The molecular formula is C21H22F3N3O2S. The van der Waals surface area contributed by atoms with Crippen molar-refractivity contribution in [1.82, 2.24) is 14.5 Å². The fourth-order valence-corrected chi connectivity index (χ4v) is 4.09. The lowest BCUT2D eigenvalue weighted by Gasteiger charge is -2.23. The molecule has 3 aromatic rings. The van der Waals surface area contributed by atoms with Crippen LogP contribution in [-0.4, -0.2) is 19.6 Å². The van der Waals surface area contributed by atoms with Gasteiger partial charge in [-0.2, -0.15) is 18.2 Å². The van der Waals surface area contributed by atoms with Gasteiger partial charge in [0.15, 0.2) is 0 Å². The molecule has 3 rings (SSSR count). The number of aromatic hydroxyl groups is 1. The molecule has 30 heavy (non-hydrogen) atoms. The molecular weight excluding hydrogens is 415 g/mol. The van der Waals surface area contributed by atoms with E-state index in [1.807, 2.05) is 13.1 Å². The fraction of sp³-hybridized carbons (Fsp3) is 0.381. The minimum absolute atomic E-state index is 0.0255. The molecule has 160 valence electrons. The summed E-state index contributed by atoms with van der Waals surface area (Å²) in [6.07, 6.45) is -1.66. The summed E-state index contributed by atoms with van der Waals surface area (Å²) in [6, 6.07) is 4.30. The monoisotopic (exact) mass is 437 g/mol. The molecule has 2 heterocycles. The SMILES string of the molecule is Cc1ncc(C(C)(C)CCc2nc(O)c(-c3cccc(C(F)(F)F)c3)c(=O)n2C)s1. The van der Waals surface area contributed by atoms with Gasteiger partial charge in [0.25, 0.3) is 5.56 Å². The first-order valence-electron chi connectivity index (χ1n) is 9.29. The Bertz CT molecular complexity index is 1130.